The van der Waals surface area contributed by atoms with Crippen LogP contribution in [0.2, 0.25) is 5.02 Å². The Hall–Kier alpha value is -1.55. The number of nitrogens with zero attached hydrogens (tertiary/aromatic N) is 1. The van der Waals surface area contributed by atoms with Gasteiger partial charge in [0.15, 0.2) is 0 Å². The van der Waals surface area contributed by atoms with E-state index in [0.717, 1.165) is 31.2 Å². The molecule has 1 aromatic rings. The Morgan fingerprint density at radius 1 is 1.25 bits per heavy atom. The van der Waals surface area contributed by atoms with E-state index in [1.54, 1.807) is 12.1 Å². The molecule has 0 heterocycles. The van der Waals surface area contributed by atoms with Crippen LogP contribution in [0.25, 0.3) is 0 Å². The van der Waals surface area contributed by atoms with Gasteiger partial charge in [0.05, 0.1) is 6.42 Å². The molecule has 5 heteroatoms. The van der Waals surface area contributed by atoms with Crippen LogP contribution in [0, 0.1) is 0 Å². The number of amides is 1. The lowest BCUT2D eigenvalue weighted by atomic mass is 10.1. The number of halogens is 1. The fourth-order valence-electron chi connectivity index (χ4n) is 2.69. The molecule has 1 aliphatic carbocycles. The van der Waals surface area contributed by atoms with E-state index in [1.807, 2.05) is 12.1 Å². The smallest absolute Gasteiger partial charge is 0.323 e. The Morgan fingerprint density at radius 2 is 1.90 bits per heavy atom. The highest BCUT2D eigenvalue weighted by molar-refractivity contribution is 6.31. The second-order valence-corrected chi connectivity index (χ2v) is 5.53. The molecule has 0 bridgehead atoms. The topological polar surface area (TPSA) is 57.6 Å². The summed E-state index contributed by atoms with van der Waals surface area (Å²) in [5.74, 6) is -1.13. The number of carboxylic acids is 1. The Balaban J connectivity index is 2.09. The van der Waals surface area contributed by atoms with E-state index in [0.29, 0.717) is 5.02 Å². The Labute approximate surface area is 123 Å². The minimum absolute atomic E-state index is 0.0566. The molecule has 108 valence electrons. The molecular weight excluding hydrogens is 278 g/mol. The fourth-order valence-corrected chi connectivity index (χ4v) is 2.89. The summed E-state index contributed by atoms with van der Waals surface area (Å²) < 4.78 is 0. The van der Waals surface area contributed by atoms with Crippen molar-refractivity contribution in [3.05, 3.63) is 34.9 Å². The maximum atomic E-state index is 12.4. The molecule has 0 atom stereocenters. The third-order valence-electron chi connectivity index (χ3n) is 3.69. The molecule has 0 aromatic heterocycles. The summed E-state index contributed by atoms with van der Waals surface area (Å²) >= 11 is 6.05. The van der Waals surface area contributed by atoms with Crippen LogP contribution in [0.1, 0.15) is 31.2 Å². The van der Waals surface area contributed by atoms with Crippen molar-refractivity contribution in [1.82, 2.24) is 4.90 Å². The molecule has 0 radical (unpaired) electrons. The van der Waals surface area contributed by atoms with Gasteiger partial charge in [0, 0.05) is 11.1 Å². The highest BCUT2D eigenvalue weighted by atomic mass is 35.5. The van der Waals surface area contributed by atoms with Gasteiger partial charge >= 0.3 is 5.97 Å². The lowest BCUT2D eigenvalue weighted by Gasteiger charge is -2.27. The third-order valence-corrected chi connectivity index (χ3v) is 4.06. The van der Waals surface area contributed by atoms with Crippen LogP contribution in [0.3, 0.4) is 0 Å². The number of carboxylic acid groups (broad SMARTS) is 1. The van der Waals surface area contributed by atoms with Crippen LogP contribution in [0.15, 0.2) is 24.3 Å². The molecule has 0 unspecified atom stereocenters. The van der Waals surface area contributed by atoms with Gasteiger partial charge in [-0.1, -0.05) is 42.6 Å². The molecule has 1 amide bonds. The molecule has 4 nitrogen and oxygen atoms in total. The summed E-state index contributed by atoms with van der Waals surface area (Å²) in [4.78, 5) is 24.9. The van der Waals surface area contributed by atoms with Gasteiger partial charge in [0.2, 0.25) is 5.91 Å². The number of hydrogen-bond acceptors (Lipinski definition) is 2. The third kappa shape index (κ3) is 3.73. The van der Waals surface area contributed by atoms with E-state index < -0.39 is 5.97 Å². The Morgan fingerprint density at radius 3 is 2.50 bits per heavy atom. The van der Waals surface area contributed by atoms with E-state index in [1.165, 1.54) is 4.90 Å². The predicted octanol–water partition coefficient (Wildman–Crippen LogP) is 2.74. The first-order valence-corrected chi connectivity index (χ1v) is 7.20. The maximum absolute atomic E-state index is 12.4. The zero-order chi connectivity index (χ0) is 14.5. The van der Waals surface area contributed by atoms with Crippen molar-refractivity contribution in [3.8, 4) is 0 Å². The number of carbonyl (C=O) groups excluding carboxylic acids is 1. The van der Waals surface area contributed by atoms with Crippen molar-refractivity contribution in [2.75, 3.05) is 6.54 Å². The standard InChI is InChI=1S/C15H18ClNO3/c16-13-8-4-1-5-11(13)9-14(18)17(10-15(19)20)12-6-2-3-7-12/h1,4-5,8,12H,2-3,6-7,9-10H2,(H,19,20). The number of hydrogen-bond donors (Lipinski definition) is 1. The van der Waals surface area contributed by atoms with Gasteiger partial charge in [-0.15, -0.1) is 0 Å². The van der Waals surface area contributed by atoms with Gasteiger partial charge in [0.1, 0.15) is 6.54 Å². The molecule has 1 saturated carbocycles. The molecule has 0 saturated heterocycles. The van der Waals surface area contributed by atoms with Crippen LogP contribution < -0.4 is 0 Å². The number of rotatable bonds is 5. The van der Waals surface area contributed by atoms with E-state index in [9.17, 15) is 9.59 Å². The quantitative estimate of drug-likeness (QED) is 0.908. The minimum Gasteiger partial charge on any atom is -0.480 e. The number of aliphatic carboxylic acids is 1. The lowest BCUT2D eigenvalue weighted by molar-refractivity contribution is -0.145. The van der Waals surface area contributed by atoms with Gasteiger partial charge in [0.25, 0.3) is 0 Å². The first-order valence-electron chi connectivity index (χ1n) is 6.82. The number of benzene rings is 1. The normalized spacial score (nSPS) is 15.2. The maximum Gasteiger partial charge on any atom is 0.323 e. The highest BCUT2D eigenvalue weighted by Gasteiger charge is 2.28. The Kier molecular flexibility index (Phi) is 5.01. The van der Waals surface area contributed by atoms with Crippen molar-refractivity contribution in [3.63, 3.8) is 0 Å². The lowest BCUT2D eigenvalue weighted by Crippen LogP contribution is -2.43. The van der Waals surface area contributed by atoms with Crippen molar-refractivity contribution < 1.29 is 14.7 Å². The average Bonchev–Trinajstić information content (AvgIpc) is 2.92. The van der Waals surface area contributed by atoms with Gasteiger partial charge in [-0.3, -0.25) is 9.59 Å². The first-order chi connectivity index (χ1) is 9.58. The van der Waals surface area contributed by atoms with Crippen LogP contribution in [-0.2, 0) is 16.0 Å². The van der Waals surface area contributed by atoms with Crippen molar-refractivity contribution in [1.29, 1.82) is 0 Å². The second kappa shape index (κ2) is 6.75. The summed E-state index contributed by atoms with van der Waals surface area (Å²) in [6.07, 6.45) is 4.05. The molecule has 20 heavy (non-hydrogen) atoms. The molecule has 1 N–H and O–H groups in total. The predicted molar refractivity (Wildman–Crippen MR) is 76.8 cm³/mol. The first kappa shape index (κ1) is 14.9. The van der Waals surface area contributed by atoms with Gasteiger partial charge in [-0.25, -0.2) is 0 Å². The zero-order valence-corrected chi connectivity index (χ0v) is 12.0. The molecular formula is C15H18ClNO3. The summed E-state index contributed by atoms with van der Waals surface area (Å²) in [5, 5.41) is 9.54. The van der Waals surface area contributed by atoms with Crippen molar-refractivity contribution in [2.45, 2.75) is 38.1 Å². The highest BCUT2D eigenvalue weighted by Crippen LogP contribution is 2.25. The van der Waals surface area contributed by atoms with Crippen molar-refractivity contribution in [2.24, 2.45) is 0 Å². The summed E-state index contributed by atoms with van der Waals surface area (Å²) in [6, 6.07) is 7.23. The van der Waals surface area contributed by atoms with Gasteiger partial charge < -0.3 is 10.0 Å². The minimum atomic E-state index is -0.968. The molecule has 0 spiro atoms. The SMILES string of the molecule is O=C(O)CN(C(=O)Cc1ccccc1Cl)C1CCCC1. The average molecular weight is 296 g/mol. The van der Waals surface area contributed by atoms with Crippen molar-refractivity contribution >= 4 is 23.5 Å². The van der Waals surface area contributed by atoms with E-state index in [2.05, 4.69) is 0 Å². The monoisotopic (exact) mass is 295 g/mol. The Bertz CT molecular complexity index is 498. The van der Waals surface area contributed by atoms with Gasteiger partial charge in [-0.2, -0.15) is 0 Å². The molecule has 2 rings (SSSR count). The molecule has 1 aromatic carbocycles. The summed E-state index contributed by atoms with van der Waals surface area (Å²) in [6.45, 7) is -0.228. The summed E-state index contributed by atoms with van der Waals surface area (Å²) in [7, 11) is 0. The van der Waals surface area contributed by atoms with Gasteiger partial charge in [-0.05, 0) is 24.5 Å². The second-order valence-electron chi connectivity index (χ2n) is 5.12. The molecule has 1 fully saturated rings. The molecule has 0 aliphatic heterocycles. The zero-order valence-electron chi connectivity index (χ0n) is 11.2. The summed E-state index contributed by atoms with van der Waals surface area (Å²) in [5.41, 5.74) is 0.743. The van der Waals surface area contributed by atoms with E-state index in [-0.39, 0.29) is 24.9 Å². The van der Waals surface area contributed by atoms with E-state index >= 15 is 0 Å². The van der Waals surface area contributed by atoms with Crippen LogP contribution in [0.4, 0.5) is 0 Å². The molecule has 1 aliphatic rings. The largest absolute Gasteiger partial charge is 0.480 e. The van der Waals surface area contributed by atoms with Crippen LogP contribution in [0.5, 0.6) is 0 Å². The van der Waals surface area contributed by atoms with Crippen LogP contribution in [-0.4, -0.2) is 34.5 Å². The van der Waals surface area contributed by atoms with Crippen LogP contribution >= 0.6 is 11.6 Å². The van der Waals surface area contributed by atoms with E-state index in [4.69, 9.17) is 16.7 Å². The fraction of sp³-hybridized carbons (Fsp3) is 0.467. The number of carbonyl (C=O) groups is 2.